The number of carbonyl (C=O) groups is 3. The number of carbonyl (C=O) groups excluding carboxylic acids is 2. The summed E-state index contributed by atoms with van der Waals surface area (Å²) in [6, 6.07) is -0.484. The topological polar surface area (TPSA) is 140 Å². The quantitative estimate of drug-likeness (QED) is 0.478. The number of nitrogens with zero attached hydrogens (tertiary/aromatic N) is 3. The minimum absolute atomic E-state index is 0.211. The maximum Gasteiger partial charge on any atom is 0.322 e. The molecule has 104 valence electrons. The van der Waals surface area contributed by atoms with Gasteiger partial charge in [0.05, 0.1) is 13.1 Å². The SMILES string of the molecule is CN(Cc1ncn[nH]1)C(=O)NCC(=O)NCC(=O)O. The molecular weight excluding hydrogens is 256 g/mol. The summed E-state index contributed by atoms with van der Waals surface area (Å²) >= 11 is 0. The molecule has 10 heteroatoms. The molecule has 0 aromatic carbocycles. The second-order valence-electron chi connectivity index (χ2n) is 3.62. The predicted molar refractivity (Wildman–Crippen MR) is 61.9 cm³/mol. The van der Waals surface area contributed by atoms with Crippen molar-refractivity contribution >= 4 is 17.9 Å². The number of nitrogens with one attached hydrogen (secondary N) is 3. The second kappa shape index (κ2) is 6.93. The van der Waals surface area contributed by atoms with Crippen molar-refractivity contribution in [2.24, 2.45) is 0 Å². The molecule has 0 spiro atoms. The Balaban J connectivity index is 2.26. The summed E-state index contributed by atoms with van der Waals surface area (Å²) in [5.41, 5.74) is 0. The van der Waals surface area contributed by atoms with Crippen molar-refractivity contribution in [3.8, 4) is 0 Å². The first kappa shape index (κ1) is 14.4. The lowest BCUT2D eigenvalue weighted by Crippen LogP contribution is -2.43. The van der Waals surface area contributed by atoms with Gasteiger partial charge in [-0.2, -0.15) is 5.10 Å². The van der Waals surface area contributed by atoms with E-state index in [9.17, 15) is 14.4 Å². The van der Waals surface area contributed by atoms with Crippen LogP contribution in [0.2, 0.25) is 0 Å². The molecule has 0 aliphatic heterocycles. The maximum absolute atomic E-state index is 11.6. The van der Waals surface area contributed by atoms with Gasteiger partial charge < -0.3 is 20.6 Å². The van der Waals surface area contributed by atoms with Crippen molar-refractivity contribution in [1.82, 2.24) is 30.7 Å². The fourth-order valence-electron chi connectivity index (χ4n) is 1.13. The van der Waals surface area contributed by atoms with E-state index in [0.717, 1.165) is 0 Å². The van der Waals surface area contributed by atoms with Gasteiger partial charge in [0.15, 0.2) is 0 Å². The Morgan fingerprint density at radius 1 is 1.37 bits per heavy atom. The van der Waals surface area contributed by atoms with E-state index in [1.807, 2.05) is 0 Å². The van der Waals surface area contributed by atoms with Crippen LogP contribution in [0, 0.1) is 0 Å². The molecular formula is C9H14N6O4. The Morgan fingerprint density at radius 3 is 2.68 bits per heavy atom. The summed E-state index contributed by atoms with van der Waals surface area (Å²) in [4.78, 5) is 38.1. The van der Waals surface area contributed by atoms with E-state index >= 15 is 0 Å². The van der Waals surface area contributed by atoms with Crippen molar-refractivity contribution in [3.05, 3.63) is 12.2 Å². The molecule has 0 aliphatic carbocycles. The van der Waals surface area contributed by atoms with Gasteiger partial charge in [0.2, 0.25) is 5.91 Å². The highest BCUT2D eigenvalue weighted by Gasteiger charge is 2.12. The summed E-state index contributed by atoms with van der Waals surface area (Å²) in [5, 5.41) is 19.0. The van der Waals surface area contributed by atoms with E-state index in [1.54, 1.807) is 0 Å². The van der Waals surface area contributed by atoms with Crippen molar-refractivity contribution in [1.29, 1.82) is 0 Å². The lowest BCUT2D eigenvalue weighted by molar-refractivity contribution is -0.137. The molecule has 0 saturated carbocycles. The molecule has 1 aromatic rings. The largest absolute Gasteiger partial charge is 0.480 e. The first-order valence-corrected chi connectivity index (χ1v) is 5.30. The van der Waals surface area contributed by atoms with Gasteiger partial charge in [-0.25, -0.2) is 9.78 Å². The predicted octanol–water partition coefficient (Wildman–Crippen LogP) is -1.85. The molecule has 0 unspecified atom stereocenters. The number of hydrogen-bond donors (Lipinski definition) is 4. The number of aliphatic carboxylic acids is 1. The molecule has 0 radical (unpaired) electrons. The third kappa shape index (κ3) is 5.48. The van der Waals surface area contributed by atoms with Crippen LogP contribution in [-0.4, -0.2) is 63.2 Å². The van der Waals surface area contributed by atoms with Gasteiger partial charge in [-0.1, -0.05) is 0 Å². The summed E-state index contributed by atoms with van der Waals surface area (Å²) in [6.07, 6.45) is 1.32. The zero-order valence-corrected chi connectivity index (χ0v) is 10.2. The number of amides is 3. The number of hydrogen-bond acceptors (Lipinski definition) is 5. The van der Waals surface area contributed by atoms with Gasteiger partial charge in [0, 0.05) is 7.05 Å². The molecule has 0 bridgehead atoms. The van der Waals surface area contributed by atoms with E-state index in [4.69, 9.17) is 5.11 Å². The van der Waals surface area contributed by atoms with Gasteiger partial charge in [0.1, 0.15) is 18.7 Å². The van der Waals surface area contributed by atoms with E-state index < -0.39 is 24.5 Å². The normalized spacial score (nSPS) is 9.74. The first-order chi connectivity index (χ1) is 8.99. The van der Waals surface area contributed by atoms with Crippen molar-refractivity contribution in [2.75, 3.05) is 20.1 Å². The number of carboxylic acid groups (broad SMARTS) is 1. The molecule has 19 heavy (non-hydrogen) atoms. The highest BCUT2D eigenvalue weighted by molar-refractivity contribution is 5.86. The Hall–Kier alpha value is -2.65. The number of urea groups is 1. The van der Waals surface area contributed by atoms with Gasteiger partial charge in [-0.3, -0.25) is 14.7 Å². The van der Waals surface area contributed by atoms with Gasteiger partial charge in [0.25, 0.3) is 0 Å². The Labute approximate surface area is 108 Å². The van der Waals surface area contributed by atoms with Crippen LogP contribution in [0.25, 0.3) is 0 Å². The molecule has 0 fully saturated rings. The lowest BCUT2D eigenvalue weighted by atomic mass is 10.5. The van der Waals surface area contributed by atoms with Crippen LogP contribution in [-0.2, 0) is 16.1 Å². The van der Waals surface area contributed by atoms with Crippen LogP contribution >= 0.6 is 0 Å². The standard InChI is InChI=1S/C9H14N6O4/c1-15(4-6-12-5-13-14-6)9(19)11-2-7(16)10-3-8(17)18/h5H,2-4H2,1H3,(H,10,16)(H,11,19)(H,17,18)(H,12,13,14). The van der Waals surface area contributed by atoms with E-state index in [2.05, 4.69) is 25.8 Å². The molecule has 0 aliphatic rings. The van der Waals surface area contributed by atoms with Crippen molar-refractivity contribution < 1.29 is 19.5 Å². The van der Waals surface area contributed by atoms with Gasteiger partial charge in [-0.15, -0.1) is 0 Å². The third-order valence-corrected chi connectivity index (χ3v) is 2.04. The summed E-state index contributed by atoms with van der Waals surface area (Å²) in [5.74, 6) is -1.22. The Bertz CT molecular complexity index is 446. The Kier molecular flexibility index (Phi) is 5.26. The first-order valence-electron chi connectivity index (χ1n) is 5.30. The molecule has 4 N–H and O–H groups in total. The number of H-pyrrole nitrogens is 1. The fraction of sp³-hybridized carbons (Fsp3) is 0.444. The third-order valence-electron chi connectivity index (χ3n) is 2.04. The van der Waals surface area contributed by atoms with Crippen LogP contribution in [0.15, 0.2) is 6.33 Å². The zero-order valence-electron chi connectivity index (χ0n) is 10.2. The molecule has 0 saturated heterocycles. The van der Waals surface area contributed by atoms with Gasteiger partial charge in [-0.05, 0) is 0 Å². The smallest absolute Gasteiger partial charge is 0.322 e. The molecule has 1 aromatic heterocycles. The number of aromatic nitrogens is 3. The second-order valence-corrected chi connectivity index (χ2v) is 3.62. The monoisotopic (exact) mass is 270 g/mol. The van der Waals surface area contributed by atoms with Crippen LogP contribution in [0.3, 0.4) is 0 Å². The Morgan fingerprint density at radius 2 is 2.11 bits per heavy atom. The van der Waals surface area contributed by atoms with Gasteiger partial charge >= 0.3 is 12.0 Å². The molecule has 1 rings (SSSR count). The summed E-state index contributed by atoms with van der Waals surface area (Å²) in [7, 11) is 1.52. The lowest BCUT2D eigenvalue weighted by Gasteiger charge is -2.16. The van der Waals surface area contributed by atoms with Crippen LogP contribution in [0.1, 0.15) is 5.82 Å². The van der Waals surface area contributed by atoms with Crippen molar-refractivity contribution in [2.45, 2.75) is 6.54 Å². The minimum Gasteiger partial charge on any atom is -0.480 e. The van der Waals surface area contributed by atoms with E-state index in [0.29, 0.717) is 5.82 Å². The number of carboxylic acids is 1. The molecule has 10 nitrogen and oxygen atoms in total. The highest BCUT2D eigenvalue weighted by atomic mass is 16.4. The number of rotatable bonds is 6. The number of aromatic amines is 1. The van der Waals surface area contributed by atoms with Crippen LogP contribution < -0.4 is 10.6 Å². The minimum atomic E-state index is -1.15. The van der Waals surface area contributed by atoms with Crippen LogP contribution in [0.4, 0.5) is 4.79 Å². The molecule has 1 heterocycles. The summed E-state index contributed by atoms with van der Waals surface area (Å²) < 4.78 is 0. The maximum atomic E-state index is 11.6. The average Bonchev–Trinajstić information content (AvgIpc) is 2.86. The highest BCUT2D eigenvalue weighted by Crippen LogP contribution is 1.93. The molecule has 3 amide bonds. The zero-order chi connectivity index (χ0) is 14.3. The summed E-state index contributed by atoms with van der Waals surface area (Å²) in [6.45, 7) is -0.571. The van der Waals surface area contributed by atoms with E-state index in [1.165, 1.54) is 18.3 Å². The van der Waals surface area contributed by atoms with E-state index in [-0.39, 0.29) is 13.1 Å². The fourth-order valence-corrected chi connectivity index (χ4v) is 1.13. The average molecular weight is 270 g/mol. The van der Waals surface area contributed by atoms with Crippen LogP contribution in [0.5, 0.6) is 0 Å². The molecule has 0 atom stereocenters. The van der Waals surface area contributed by atoms with Crippen molar-refractivity contribution in [3.63, 3.8) is 0 Å².